The third kappa shape index (κ3) is 2.80. The number of carbonyl (C=O) groups is 1. The number of Topliss-reactive ketones (excluding diaryl/α,β-unsaturated/α-hetero) is 1. The van der Waals surface area contributed by atoms with Crippen molar-refractivity contribution in [2.24, 2.45) is 0 Å². The molecule has 0 aliphatic carbocycles. The predicted molar refractivity (Wildman–Crippen MR) is 70.9 cm³/mol. The molecule has 0 bridgehead atoms. The average molecular weight is 279 g/mol. The Balaban J connectivity index is 2.34. The van der Waals surface area contributed by atoms with E-state index < -0.39 is 17.3 Å². The molecule has 2 rings (SSSR count). The number of rotatable bonds is 3. The monoisotopic (exact) mass is 278 g/mol. The molecule has 0 saturated heterocycles. The lowest BCUT2D eigenvalue weighted by Crippen LogP contribution is -2.04. The molecule has 19 heavy (non-hydrogen) atoms. The summed E-state index contributed by atoms with van der Waals surface area (Å²) < 4.78 is 0. The molecule has 0 amide bonds. The van der Waals surface area contributed by atoms with Gasteiger partial charge in [0.1, 0.15) is 22.8 Å². The summed E-state index contributed by atoms with van der Waals surface area (Å²) in [6, 6.07) is 8.82. The van der Waals surface area contributed by atoms with Gasteiger partial charge in [0.2, 0.25) is 0 Å². The van der Waals surface area contributed by atoms with E-state index in [1.165, 1.54) is 0 Å². The fraction of sp³-hybridized carbons (Fsp3) is 0.0714. The lowest BCUT2D eigenvalue weighted by atomic mass is 10.0. The largest absolute Gasteiger partial charge is 0.508 e. The van der Waals surface area contributed by atoms with Gasteiger partial charge in [0.05, 0.1) is 0 Å². The Kier molecular flexibility index (Phi) is 3.62. The molecule has 2 aromatic rings. The summed E-state index contributed by atoms with van der Waals surface area (Å²) in [5.41, 5.74) is 0.374. The second-order valence-electron chi connectivity index (χ2n) is 4.05. The summed E-state index contributed by atoms with van der Waals surface area (Å²) in [5, 5.41) is 28.9. The quantitative estimate of drug-likeness (QED) is 0.755. The fourth-order valence-electron chi connectivity index (χ4n) is 1.79. The summed E-state index contributed by atoms with van der Waals surface area (Å²) >= 11 is 5.94. The van der Waals surface area contributed by atoms with Crippen LogP contribution in [0, 0.1) is 0 Å². The zero-order valence-electron chi connectivity index (χ0n) is 9.80. The highest BCUT2D eigenvalue weighted by Crippen LogP contribution is 2.33. The maximum atomic E-state index is 12.1. The molecule has 5 heteroatoms. The molecule has 0 fully saturated rings. The zero-order valence-corrected chi connectivity index (χ0v) is 10.6. The number of halogens is 1. The van der Waals surface area contributed by atoms with Gasteiger partial charge in [0, 0.05) is 23.6 Å². The fourth-order valence-corrected chi connectivity index (χ4v) is 1.99. The smallest absolute Gasteiger partial charge is 0.174 e. The van der Waals surface area contributed by atoms with Gasteiger partial charge in [0.15, 0.2) is 5.78 Å². The molecule has 0 radical (unpaired) electrons. The number of aromatic hydroxyl groups is 3. The summed E-state index contributed by atoms with van der Waals surface area (Å²) in [5.74, 6) is -1.73. The third-order valence-electron chi connectivity index (χ3n) is 2.67. The van der Waals surface area contributed by atoms with Crippen molar-refractivity contribution < 1.29 is 20.1 Å². The van der Waals surface area contributed by atoms with Crippen LogP contribution in [0.1, 0.15) is 15.9 Å². The Labute approximate surface area is 114 Å². The van der Waals surface area contributed by atoms with E-state index in [1.54, 1.807) is 24.3 Å². The molecule has 0 saturated carbocycles. The van der Waals surface area contributed by atoms with E-state index in [2.05, 4.69) is 0 Å². The number of ketones is 1. The van der Waals surface area contributed by atoms with E-state index in [0.29, 0.717) is 10.6 Å². The Morgan fingerprint density at radius 2 is 1.63 bits per heavy atom. The van der Waals surface area contributed by atoms with Gasteiger partial charge >= 0.3 is 0 Å². The van der Waals surface area contributed by atoms with Crippen LogP contribution in [0.3, 0.4) is 0 Å². The van der Waals surface area contributed by atoms with E-state index in [0.717, 1.165) is 12.1 Å². The molecular formula is C14H11ClO4. The van der Waals surface area contributed by atoms with Crippen molar-refractivity contribution >= 4 is 17.4 Å². The minimum absolute atomic E-state index is 0.0500. The first kappa shape index (κ1) is 13.2. The van der Waals surface area contributed by atoms with Crippen LogP contribution in [-0.4, -0.2) is 21.1 Å². The zero-order chi connectivity index (χ0) is 14.0. The van der Waals surface area contributed by atoms with Crippen LogP contribution in [0.25, 0.3) is 0 Å². The van der Waals surface area contributed by atoms with Crippen molar-refractivity contribution in [1.82, 2.24) is 0 Å². The van der Waals surface area contributed by atoms with Crippen molar-refractivity contribution in [1.29, 1.82) is 0 Å². The molecule has 98 valence electrons. The molecule has 0 aliphatic rings. The highest BCUT2D eigenvalue weighted by Gasteiger charge is 2.18. The Hall–Kier alpha value is -2.20. The Bertz CT molecular complexity index is 614. The summed E-state index contributed by atoms with van der Waals surface area (Å²) in [7, 11) is 0. The summed E-state index contributed by atoms with van der Waals surface area (Å²) in [4.78, 5) is 12.1. The number of phenols is 3. The number of hydrogen-bond acceptors (Lipinski definition) is 4. The maximum Gasteiger partial charge on any atom is 0.174 e. The van der Waals surface area contributed by atoms with Crippen LogP contribution in [0.4, 0.5) is 0 Å². The molecule has 0 aromatic heterocycles. The number of carbonyl (C=O) groups excluding carboxylic acids is 1. The first-order valence-corrected chi connectivity index (χ1v) is 5.88. The lowest BCUT2D eigenvalue weighted by Gasteiger charge is -2.08. The summed E-state index contributed by atoms with van der Waals surface area (Å²) in [6.45, 7) is 0. The molecule has 0 aliphatic heterocycles. The Morgan fingerprint density at radius 3 is 2.21 bits per heavy atom. The van der Waals surface area contributed by atoms with Gasteiger partial charge in [-0.1, -0.05) is 29.8 Å². The van der Waals surface area contributed by atoms with Crippen LogP contribution in [0.5, 0.6) is 17.2 Å². The molecule has 4 nitrogen and oxygen atoms in total. The highest BCUT2D eigenvalue weighted by atomic mass is 35.5. The number of hydrogen-bond donors (Lipinski definition) is 3. The van der Waals surface area contributed by atoms with Crippen LogP contribution >= 0.6 is 11.6 Å². The average Bonchev–Trinajstić information content (AvgIpc) is 2.30. The maximum absolute atomic E-state index is 12.1. The van der Waals surface area contributed by atoms with Crippen molar-refractivity contribution in [3.8, 4) is 17.2 Å². The van der Waals surface area contributed by atoms with Crippen LogP contribution in [0.15, 0.2) is 36.4 Å². The highest BCUT2D eigenvalue weighted by molar-refractivity contribution is 6.31. The van der Waals surface area contributed by atoms with Gasteiger partial charge in [-0.05, 0) is 11.6 Å². The first-order chi connectivity index (χ1) is 8.99. The first-order valence-electron chi connectivity index (χ1n) is 5.50. The van der Waals surface area contributed by atoms with Crippen molar-refractivity contribution in [2.75, 3.05) is 0 Å². The van der Waals surface area contributed by atoms with Gasteiger partial charge < -0.3 is 15.3 Å². The minimum Gasteiger partial charge on any atom is -0.508 e. The topological polar surface area (TPSA) is 77.8 Å². The van der Waals surface area contributed by atoms with Crippen molar-refractivity contribution in [3.05, 3.63) is 52.5 Å². The van der Waals surface area contributed by atoms with Gasteiger partial charge in [-0.3, -0.25) is 4.79 Å². The molecule has 0 atom stereocenters. The van der Waals surface area contributed by atoms with Gasteiger partial charge in [-0.15, -0.1) is 0 Å². The molecule has 3 N–H and O–H groups in total. The van der Waals surface area contributed by atoms with Crippen LogP contribution < -0.4 is 0 Å². The summed E-state index contributed by atoms with van der Waals surface area (Å²) in [6.07, 6.45) is -0.0500. The molecule has 0 spiro atoms. The Morgan fingerprint density at radius 1 is 1.05 bits per heavy atom. The second kappa shape index (κ2) is 5.20. The van der Waals surface area contributed by atoms with E-state index in [9.17, 15) is 20.1 Å². The normalized spacial score (nSPS) is 10.4. The number of benzene rings is 2. The molecule has 2 aromatic carbocycles. The third-order valence-corrected chi connectivity index (χ3v) is 3.04. The van der Waals surface area contributed by atoms with Crippen molar-refractivity contribution in [3.63, 3.8) is 0 Å². The molecule has 0 heterocycles. The minimum atomic E-state index is -0.483. The SMILES string of the molecule is O=C(Cc1ccccc1Cl)c1c(O)cc(O)cc1O. The van der Waals surface area contributed by atoms with E-state index >= 15 is 0 Å². The van der Waals surface area contributed by atoms with Crippen LogP contribution in [0.2, 0.25) is 5.02 Å². The van der Waals surface area contributed by atoms with Gasteiger partial charge in [0.25, 0.3) is 0 Å². The number of phenolic OH excluding ortho intramolecular Hbond substituents is 3. The van der Waals surface area contributed by atoms with Gasteiger partial charge in [-0.2, -0.15) is 0 Å². The predicted octanol–water partition coefficient (Wildman–Crippen LogP) is 2.88. The lowest BCUT2D eigenvalue weighted by molar-refractivity contribution is 0.0987. The van der Waals surface area contributed by atoms with Gasteiger partial charge in [-0.25, -0.2) is 0 Å². The van der Waals surface area contributed by atoms with Crippen molar-refractivity contribution in [2.45, 2.75) is 6.42 Å². The van der Waals surface area contributed by atoms with E-state index in [4.69, 9.17) is 11.6 Å². The molecule has 0 unspecified atom stereocenters. The van der Waals surface area contributed by atoms with E-state index in [-0.39, 0.29) is 17.7 Å². The molecular weight excluding hydrogens is 268 g/mol. The second-order valence-corrected chi connectivity index (χ2v) is 4.46. The van der Waals surface area contributed by atoms with Crippen LogP contribution in [-0.2, 0) is 6.42 Å². The standard InChI is InChI=1S/C14H11ClO4/c15-10-4-2-1-3-8(10)5-11(17)14-12(18)6-9(16)7-13(14)19/h1-4,6-7,16,18-19H,5H2. The van der Waals surface area contributed by atoms with E-state index in [1.807, 2.05) is 0 Å².